The number of rotatable bonds is 10. The molecule has 0 fully saturated rings. The molecule has 0 spiro atoms. The number of halogens is 9. The molecular formula is C32H34F9N5O3. The number of anilines is 3. The molecule has 1 aliphatic rings. The zero-order valence-electron chi connectivity index (χ0n) is 26.8. The molecule has 0 saturated carbocycles. The number of hydrogen-bond donors (Lipinski definition) is 2. The molecule has 0 saturated heterocycles. The molecule has 2 heterocycles. The fourth-order valence-electron chi connectivity index (χ4n) is 5.43. The van der Waals surface area contributed by atoms with E-state index in [1.54, 1.807) is 20.8 Å². The van der Waals surface area contributed by atoms with E-state index in [-0.39, 0.29) is 65.9 Å². The third kappa shape index (κ3) is 9.05. The molecule has 2 aromatic carbocycles. The van der Waals surface area contributed by atoms with E-state index in [1.807, 2.05) is 0 Å². The van der Waals surface area contributed by atoms with Crippen LogP contribution in [0.5, 0.6) is 0 Å². The van der Waals surface area contributed by atoms with Gasteiger partial charge in [-0.2, -0.15) is 39.5 Å². The van der Waals surface area contributed by atoms with E-state index in [1.165, 1.54) is 24.3 Å². The maximum absolute atomic E-state index is 13.8. The first-order valence-corrected chi connectivity index (χ1v) is 15.2. The summed E-state index contributed by atoms with van der Waals surface area (Å²) in [5, 5.41) is 5.98. The number of alkyl halides is 9. The van der Waals surface area contributed by atoms with Crippen LogP contribution in [0.4, 0.5) is 61.6 Å². The lowest BCUT2D eigenvalue weighted by Crippen LogP contribution is -2.46. The predicted octanol–water partition coefficient (Wildman–Crippen LogP) is 8.87. The van der Waals surface area contributed by atoms with Crippen LogP contribution in [-0.4, -0.2) is 48.5 Å². The predicted molar refractivity (Wildman–Crippen MR) is 162 cm³/mol. The summed E-state index contributed by atoms with van der Waals surface area (Å²) in [4.78, 5) is 22.9. The van der Waals surface area contributed by atoms with Crippen LogP contribution in [0.25, 0.3) is 0 Å². The molecule has 2 N–H and O–H groups in total. The Hall–Kier alpha value is -4.28. The first kappa shape index (κ1) is 37.5. The molecule has 3 aromatic rings. The highest BCUT2D eigenvalue weighted by atomic mass is 19.4. The second-order valence-corrected chi connectivity index (χ2v) is 11.4. The molecule has 1 unspecified atom stereocenters. The summed E-state index contributed by atoms with van der Waals surface area (Å²) in [6.07, 6.45) is -14.7. The van der Waals surface area contributed by atoms with Gasteiger partial charge in [0.1, 0.15) is 0 Å². The van der Waals surface area contributed by atoms with Gasteiger partial charge in [-0.25, -0.2) is 14.8 Å². The highest BCUT2D eigenvalue weighted by molar-refractivity contribution is 5.90. The van der Waals surface area contributed by atoms with Gasteiger partial charge in [-0.3, -0.25) is 4.90 Å². The Kier molecular flexibility index (Phi) is 11.2. The van der Waals surface area contributed by atoms with Crippen molar-refractivity contribution >= 4 is 23.4 Å². The summed E-state index contributed by atoms with van der Waals surface area (Å²) in [7, 11) is 1.44. The van der Waals surface area contributed by atoms with E-state index in [4.69, 9.17) is 9.47 Å². The number of amides is 1. The van der Waals surface area contributed by atoms with Crippen molar-refractivity contribution in [1.29, 1.82) is 0 Å². The van der Waals surface area contributed by atoms with E-state index < -0.39 is 59.8 Å². The van der Waals surface area contributed by atoms with Gasteiger partial charge < -0.3 is 20.1 Å². The van der Waals surface area contributed by atoms with Gasteiger partial charge in [0.25, 0.3) is 0 Å². The van der Waals surface area contributed by atoms with Crippen LogP contribution in [0.1, 0.15) is 73.2 Å². The monoisotopic (exact) mass is 707 g/mol. The number of methoxy groups -OCH3 is 1. The van der Waals surface area contributed by atoms with Crippen LogP contribution in [0.2, 0.25) is 0 Å². The van der Waals surface area contributed by atoms with Gasteiger partial charge in [0.15, 0.2) is 0 Å². The quantitative estimate of drug-likeness (QED) is 0.204. The van der Waals surface area contributed by atoms with Gasteiger partial charge in [0.05, 0.1) is 58.7 Å². The molecule has 268 valence electrons. The van der Waals surface area contributed by atoms with Crippen LogP contribution in [0, 0.1) is 0 Å². The lowest BCUT2D eigenvalue weighted by atomic mass is 9.89. The topological polar surface area (TPSA) is 88.6 Å². The highest BCUT2D eigenvalue weighted by Gasteiger charge is 2.40. The molecule has 17 heteroatoms. The second-order valence-electron chi connectivity index (χ2n) is 11.4. The maximum Gasteiger partial charge on any atom is 0.416 e. The van der Waals surface area contributed by atoms with Crippen LogP contribution in [-0.2, 0) is 34.4 Å². The van der Waals surface area contributed by atoms with Crippen LogP contribution in [0.3, 0.4) is 0 Å². The molecule has 8 nitrogen and oxygen atoms in total. The van der Waals surface area contributed by atoms with E-state index in [0.717, 1.165) is 12.1 Å². The Morgan fingerprint density at radius 1 is 0.959 bits per heavy atom. The fraction of sp³-hybridized carbons (Fsp3) is 0.469. The Morgan fingerprint density at radius 3 is 2.14 bits per heavy atom. The average Bonchev–Trinajstić information content (AvgIpc) is 3.02. The van der Waals surface area contributed by atoms with E-state index in [0.29, 0.717) is 18.6 Å². The summed E-state index contributed by atoms with van der Waals surface area (Å²) in [5.41, 5.74) is -3.87. The minimum atomic E-state index is -5.07. The molecule has 1 aliphatic heterocycles. The smallest absolute Gasteiger partial charge is 0.416 e. The van der Waals surface area contributed by atoms with Gasteiger partial charge in [0.2, 0.25) is 5.95 Å². The molecule has 1 amide bonds. The number of carbonyl (C=O) groups excluding carboxylic acids is 1. The standard InChI is InChI=1S/C32H34F9N5O3/c1-5-22-14-24(23-13-19(30(33,34)35)7-8-27(23)46(22)29(47)49-6-2)44-28-43-16-26(42-15-17(3)48-4)25(45-28)11-18-9-20(31(36,37)38)12-21(10-18)32(39,40)41/h7-10,12-13,16-17,22,24,42H,5-6,11,14-15H2,1-4H3,(H,43,44,45)/t17?,22-,24+/m1/s1. The zero-order valence-corrected chi connectivity index (χ0v) is 26.8. The summed E-state index contributed by atoms with van der Waals surface area (Å²) in [5.74, 6) is -0.156. The van der Waals surface area contributed by atoms with Crippen LogP contribution in [0.15, 0.2) is 42.6 Å². The third-order valence-corrected chi connectivity index (χ3v) is 7.97. The first-order valence-electron chi connectivity index (χ1n) is 15.2. The van der Waals surface area contributed by atoms with Crippen molar-refractivity contribution in [2.45, 2.75) is 76.8 Å². The largest absolute Gasteiger partial charge is 0.449 e. The zero-order chi connectivity index (χ0) is 36.3. The number of nitrogens with zero attached hydrogens (tertiary/aromatic N) is 3. The number of ether oxygens (including phenoxy) is 2. The van der Waals surface area contributed by atoms with E-state index in [2.05, 4.69) is 20.6 Å². The molecule has 0 radical (unpaired) electrons. The van der Waals surface area contributed by atoms with Crippen molar-refractivity contribution in [3.63, 3.8) is 0 Å². The van der Waals surface area contributed by atoms with Crippen molar-refractivity contribution in [3.05, 3.63) is 76.1 Å². The number of fused-ring (bicyclic) bond motifs is 1. The number of benzene rings is 2. The lowest BCUT2D eigenvalue weighted by molar-refractivity contribution is -0.143. The number of carbonyl (C=O) groups is 1. The Balaban J connectivity index is 1.79. The molecule has 0 aliphatic carbocycles. The van der Waals surface area contributed by atoms with Crippen LogP contribution >= 0.6 is 0 Å². The normalized spacial score (nSPS) is 17.4. The van der Waals surface area contributed by atoms with Crippen molar-refractivity contribution in [2.24, 2.45) is 0 Å². The lowest BCUT2D eigenvalue weighted by Gasteiger charge is -2.40. The van der Waals surface area contributed by atoms with Gasteiger partial charge in [-0.1, -0.05) is 6.92 Å². The summed E-state index contributed by atoms with van der Waals surface area (Å²) < 4.78 is 133. The molecular weight excluding hydrogens is 673 g/mol. The molecule has 3 atom stereocenters. The Bertz CT molecular complexity index is 1600. The van der Waals surface area contributed by atoms with Crippen molar-refractivity contribution < 1.29 is 53.8 Å². The molecule has 0 bridgehead atoms. The highest BCUT2D eigenvalue weighted by Crippen LogP contribution is 2.43. The van der Waals surface area contributed by atoms with Gasteiger partial charge in [0, 0.05) is 26.1 Å². The fourth-order valence-corrected chi connectivity index (χ4v) is 5.43. The minimum Gasteiger partial charge on any atom is -0.449 e. The molecule has 49 heavy (non-hydrogen) atoms. The summed E-state index contributed by atoms with van der Waals surface area (Å²) in [6, 6.07) is 2.72. The van der Waals surface area contributed by atoms with E-state index >= 15 is 0 Å². The number of hydrogen-bond acceptors (Lipinski definition) is 7. The van der Waals surface area contributed by atoms with Crippen molar-refractivity contribution in [2.75, 3.05) is 35.8 Å². The third-order valence-electron chi connectivity index (χ3n) is 7.97. The maximum atomic E-state index is 13.8. The molecule has 4 rings (SSSR count). The Labute approximate surface area is 276 Å². The summed E-state index contributed by atoms with van der Waals surface area (Å²) in [6.45, 7) is 5.29. The molecule has 1 aromatic heterocycles. The van der Waals surface area contributed by atoms with Crippen LogP contribution < -0.4 is 15.5 Å². The van der Waals surface area contributed by atoms with Crippen molar-refractivity contribution in [3.8, 4) is 0 Å². The van der Waals surface area contributed by atoms with E-state index in [9.17, 15) is 44.3 Å². The SMILES string of the molecule is CCOC(=O)N1c2ccc(C(F)(F)F)cc2[C@@H](Nc2ncc(NCC(C)OC)c(Cc3cc(C(F)(F)F)cc(C(F)(F)F)c3)n2)C[C@H]1CC. The number of aromatic nitrogens is 2. The van der Waals surface area contributed by atoms with Gasteiger partial charge >= 0.3 is 24.6 Å². The Morgan fingerprint density at radius 2 is 1.59 bits per heavy atom. The van der Waals surface area contributed by atoms with Gasteiger partial charge in [-0.15, -0.1) is 0 Å². The van der Waals surface area contributed by atoms with Crippen molar-refractivity contribution in [1.82, 2.24) is 9.97 Å². The first-order chi connectivity index (χ1) is 22.8. The number of nitrogens with one attached hydrogen (secondary N) is 2. The second kappa shape index (κ2) is 14.7. The van der Waals surface area contributed by atoms with Gasteiger partial charge in [-0.05, 0) is 74.2 Å². The average molecular weight is 708 g/mol. The minimum absolute atomic E-state index is 0.00789. The summed E-state index contributed by atoms with van der Waals surface area (Å²) >= 11 is 0.